The molecule has 222 valence electrons. The van der Waals surface area contributed by atoms with Gasteiger partial charge >= 0.3 is 7.32 Å². The molecule has 0 radical (unpaired) electrons. The van der Waals surface area contributed by atoms with E-state index >= 15 is 0 Å². The van der Waals surface area contributed by atoms with Crippen LogP contribution in [0.25, 0.3) is 32.3 Å². The average Bonchev–Trinajstić information content (AvgIpc) is 2.99. The van der Waals surface area contributed by atoms with Gasteiger partial charge in [0.25, 0.3) is 0 Å². The molecule has 0 fully saturated rings. The Hall–Kier alpha value is -2.91. The lowest BCUT2D eigenvalue weighted by Crippen LogP contribution is -2.31. The van der Waals surface area contributed by atoms with E-state index in [1.54, 1.807) is 0 Å². The Morgan fingerprint density at radius 3 is 0.907 bits per heavy atom. The normalized spacial score (nSPS) is 13.8. The van der Waals surface area contributed by atoms with E-state index in [1.807, 2.05) is 0 Å². The van der Waals surface area contributed by atoms with Crippen molar-refractivity contribution < 1.29 is 12.3 Å². The smallest absolute Gasteiger partial charge is 0.332 e. The molecule has 0 saturated heterocycles. The van der Waals surface area contributed by atoms with E-state index in [1.165, 1.54) is 47.0 Å². The zero-order valence-corrected chi connectivity index (χ0v) is 28.1. The van der Waals surface area contributed by atoms with E-state index in [9.17, 15) is 0 Å². The number of rotatable bonds is 9. The van der Waals surface area contributed by atoms with Crippen LogP contribution >= 0.6 is 30.9 Å². The maximum absolute atomic E-state index is 7.05. The lowest BCUT2D eigenvalue weighted by molar-refractivity contribution is 0.361. The van der Waals surface area contributed by atoms with Crippen LogP contribution in [0.5, 0.6) is 0 Å². The van der Waals surface area contributed by atoms with Gasteiger partial charge in [0.05, 0.1) is 0 Å². The predicted molar refractivity (Wildman–Crippen MR) is 194 cm³/mol. The first-order valence-corrected chi connectivity index (χ1v) is 21.4. The summed E-state index contributed by atoms with van der Waals surface area (Å²) in [6.07, 6.45) is 13.1. The van der Waals surface area contributed by atoms with Crippen molar-refractivity contribution in [1.82, 2.24) is 0 Å². The van der Waals surface area contributed by atoms with Crippen LogP contribution in [-0.2, 0) is 12.3 Å². The Balaban J connectivity index is 1.41. The van der Waals surface area contributed by atoms with Gasteiger partial charge in [-0.25, -0.2) is 0 Å². The quantitative estimate of drug-likeness (QED) is 0.150. The Morgan fingerprint density at radius 1 is 0.349 bits per heavy atom. The Labute approximate surface area is 261 Å². The summed E-state index contributed by atoms with van der Waals surface area (Å²) in [7, 11) is -6.29. The average molecular weight is 627 g/mol. The van der Waals surface area contributed by atoms with Gasteiger partial charge in [0.2, 0.25) is 0 Å². The van der Waals surface area contributed by atoms with E-state index in [-0.39, 0.29) is 0 Å². The molecule has 0 aromatic heterocycles. The van der Waals surface area contributed by atoms with Crippen LogP contribution in [-0.4, -0.2) is 44.9 Å². The summed E-state index contributed by atoms with van der Waals surface area (Å²) >= 11 is 0. The molecule has 6 aromatic carbocycles. The van der Waals surface area contributed by atoms with Crippen LogP contribution in [0.3, 0.4) is 0 Å². The monoisotopic (exact) mass is 626 g/mol. The molecule has 0 atom stereocenters. The Morgan fingerprint density at radius 2 is 0.605 bits per heavy atom. The molecule has 0 spiro atoms. The third-order valence-electron chi connectivity index (χ3n) is 7.80. The van der Waals surface area contributed by atoms with Gasteiger partial charge in [0, 0.05) is 14.7 Å². The number of fused-ring (bicyclic) bond motifs is 3. The molecule has 6 aromatic rings. The second-order valence-electron chi connectivity index (χ2n) is 11.7. The van der Waals surface area contributed by atoms with Crippen LogP contribution in [0, 0.1) is 0 Å². The summed E-state index contributed by atoms with van der Waals surface area (Å²) in [6.45, 7) is 0. The van der Waals surface area contributed by atoms with E-state index in [4.69, 9.17) is 12.3 Å². The van der Waals surface area contributed by atoms with Crippen molar-refractivity contribution in [3.05, 3.63) is 127 Å². The highest BCUT2D eigenvalue weighted by Crippen LogP contribution is 2.61. The molecule has 0 saturated carbocycles. The summed E-state index contributed by atoms with van der Waals surface area (Å²) in [5.74, 6) is 0. The van der Waals surface area contributed by atoms with E-state index < -0.39 is 38.2 Å². The summed E-state index contributed by atoms with van der Waals surface area (Å²) in [4.78, 5) is 3.54. The lowest BCUT2D eigenvalue weighted by atomic mass is 10.1. The first-order chi connectivity index (χ1) is 20.6. The number of benzene rings is 6. The molecule has 3 nitrogen and oxygen atoms in total. The van der Waals surface area contributed by atoms with Crippen molar-refractivity contribution >= 4 is 70.6 Å². The molecule has 0 heterocycles. The zero-order valence-electron chi connectivity index (χ0n) is 25.7. The van der Waals surface area contributed by atoms with Gasteiger partial charge in [-0.1, -0.05) is 109 Å². The van der Waals surface area contributed by atoms with Crippen molar-refractivity contribution in [3.8, 4) is 0 Å². The van der Waals surface area contributed by atoms with Crippen LogP contribution in [0.2, 0.25) is 0 Å². The Bertz CT molecular complexity index is 1680. The van der Waals surface area contributed by atoms with Gasteiger partial charge in [0.15, 0.2) is 0 Å². The third kappa shape index (κ3) is 6.21. The van der Waals surface area contributed by atoms with Crippen LogP contribution in [0.4, 0.5) is 0 Å². The molecule has 0 amide bonds. The van der Waals surface area contributed by atoms with Crippen molar-refractivity contribution in [2.24, 2.45) is 0 Å². The molecule has 0 N–H and O–H groups in total. The molecular weight excluding hydrogens is 587 g/mol. The van der Waals surface area contributed by atoms with Gasteiger partial charge in [-0.3, -0.25) is 0 Å². The maximum atomic E-state index is 7.05. The van der Waals surface area contributed by atoms with Gasteiger partial charge in [-0.05, 0) is 88.1 Å². The lowest BCUT2D eigenvalue weighted by Gasteiger charge is -2.42. The fourth-order valence-electron chi connectivity index (χ4n) is 5.67. The molecule has 6 rings (SSSR count). The standard InChI is InChI=1S/C36H39BO3S3/c1-41(2,34-25-13-19-28-16-7-10-22-31(28)34)38-37(39-42(3,4)35-26-14-20-29-17-8-11-23-32(29)35)40-43(5,6)36-27-15-21-30-18-9-12-24-33(30)36/h7-27H,1-6H3. The first-order valence-electron chi connectivity index (χ1n) is 14.2. The summed E-state index contributed by atoms with van der Waals surface area (Å²) < 4.78 is 21.2. The van der Waals surface area contributed by atoms with Crippen molar-refractivity contribution in [1.29, 1.82) is 0 Å². The predicted octanol–water partition coefficient (Wildman–Crippen LogP) is 10.6. The third-order valence-corrected chi connectivity index (χ3v) is 14.0. The minimum absolute atomic E-state index is 0.878. The van der Waals surface area contributed by atoms with Crippen molar-refractivity contribution in [3.63, 3.8) is 0 Å². The van der Waals surface area contributed by atoms with Crippen LogP contribution in [0.15, 0.2) is 142 Å². The van der Waals surface area contributed by atoms with Crippen molar-refractivity contribution in [2.75, 3.05) is 37.5 Å². The molecule has 43 heavy (non-hydrogen) atoms. The fourth-order valence-corrected chi connectivity index (χ4v) is 10.9. The molecule has 0 aliphatic heterocycles. The summed E-state index contributed by atoms with van der Waals surface area (Å²) in [5, 5.41) is 7.20. The fraction of sp³-hybridized carbons (Fsp3) is 0.167. The van der Waals surface area contributed by atoms with Crippen LogP contribution < -0.4 is 0 Å². The van der Waals surface area contributed by atoms with E-state index in [0.29, 0.717) is 0 Å². The minimum atomic E-state index is -1.80. The Kier molecular flexibility index (Phi) is 8.33. The van der Waals surface area contributed by atoms with Gasteiger partial charge in [-0.2, -0.15) is 0 Å². The van der Waals surface area contributed by atoms with Gasteiger partial charge < -0.3 is 12.3 Å². The summed E-state index contributed by atoms with van der Waals surface area (Å²) in [5.41, 5.74) is 0. The molecule has 0 bridgehead atoms. The highest BCUT2D eigenvalue weighted by molar-refractivity contribution is 8.31. The van der Waals surface area contributed by atoms with E-state index in [0.717, 1.165) is 0 Å². The molecule has 0 unspecified atom stereocenters. The van der Waals surface area contributed by atoms with E-state index in [2.05, 4.69) is 165 Å². The highest BCUT2D eigenvalue weighted by atomic mass is 32.3. The second kappa shape index (κ2) is 11.9. The van der Waals surface area contributed by atoms with Gasteiger partial charge in [-0.15, -0.1) is 30.9 Å². The highest BCUT2D eigenvalue weighted by Gasteiger charge is 2.40. The second-order valence-corrected chi connectivity index (χ2v) is 21.0. The first kappa shape index (κ1) is 30.1. The maximum Gasteiger partial charge on any atom is 0.671 e. The minimum Gasteiger partial charge on any atom is -0.332 e. The number of hydrogen-bond acceptors (Lipinski definition) is 3. The van der Waals surface area contributed by atoms with Gasteiger partial charge in [0.1, 0.15) is 0 Å². The number of hydrogen-bond donors (Lipinski definition) is 0. The molecular formula is C36H39BO3S3. The largest absolute Gasteiger partial charge is 0.671 e. The van der Waals surface area contributed by atoms with Crippen LogP contribution in [0.1, 0.15) is 0 Å². The van der Waals surface area contributed by atoms with Crippen molar-refractivity contribution in [2.45, 2.75) is 14.7 Å². The zero-order chi connectivity index (χ0) is 30.2. The molecule has 0 aliphatic carbocycles. The summed E-state index contributed by atoms with van der Waals surface area (Å²) in [6, 6.07) is 44.8. The molecule has 7 heteroatoms. The topological polar surface area (TPSA) is 27.7 Å². The molecule has 0 aliphatic rings. The SMILES string of the molecule is CS(C)(OB(OS(C)(C)c1cccc2ccccc12)OS(C)(C)c1cccc2ccccc12)c1cccc2ccccc12.